The fourth-order valence-electron chi connectivity index (χ4n) is 3.41. The van der Waals surface area contributed by atoms with Crippen LogP contribution in [0.2, 0.25) is 0 Å². The predicted octanol–water partition coefficient (Wildman–Crippen LogP) is 1.83. The van der Waals surface area contributed by atoms with Crippen molar-refractivity contribution in [2.24, 2.45) is 17.1 Å². The van der Waals surface area contributed by atoms with E-state index in [0.717, 1.165) is 26.0 Å². The second kappa shape index (κ2) is 6.71. The van der Waals surface area contributed by atoms with Gasteiger partial charge in [0, 0.05) is 19.6 Å². The molecule has 4 nitrogen and oxygen atoms in total. The zero-order chi connectivity index (χ0) is 13.7. The van der Waals surface area contributed by atoms with Crippen LogP contribution in [0.1, 0.15) is 51.9 Å². The average molecular weight is 268 g/mol. The van der Waals surface area contributed by atoms with Crippen molar-refractivity contribution in [1.82, 2.24) is 5.32 Å². The summed E-state index contributed by atoms with van der Waals surface area (Å²) in [5, 5.41) is 3.10. The van der Waals surface area contributed by atoms with Gasteiger partial charge in [-0.15, -0.1) is 0 Å². The van der Waals surface area contributed by atoms with Crippen LogP contribution in [0.4, 0.5) is 0 Å². The van der Waals surface area contributed by atoms with Crippen molar-refractivity contribution in [2.45, 2.75) is 58.0 Å². The van der Waals surface area contributed by atoms with Crippen LogP contribution >= 0.6 is 0 Å². The first-order valence-corrected chi connectivity index (χ1v) is 7.76. The SMILES string of the molecule is CCOC1CC(CC(=O)NCC2(CN)CCCC2)C1. The predicted molar refractivity (Wildman–Crippen MR) is 75.7 cm³/mol. The number of amides is 1. The first-order valence-electron chi connectivity index (χ1n) is 7.76. The normalized spacial score (nSPS) is 28.9. The maximum atomic E-state index is 11.9. The first kappa shape index (κ1) is 14.8. The molecule has 19 heavy (non-hydrogen) atoms. The largest absolute Gasteiger partial charge is 0.378 e. The lowest BCUT2D eigenvalue weighted by molar-refractivity contribution is -0.124. The Morgan fingerprint density at radius 1 is 1.37 bits per heavy atom. The smallest absolute Gasteiger partial charge is 0.220 e. The van der Waals surface area contributed by atoms with Gasteiger partial charge in [0.15, 0.2) is 0 Å². The molecule has 110 valence electrons. The maximum Gasteiger partial charge on any atom is 0.220 e. The van der Waals surface area contributed by atoms with Gasteiger partial charge in [-0.05, 0) is 50.5 Å². The number of carbonyl (C=O) groups is 1. The van der Waals surface area contributed by atoms with Gasteiger partial charge < -0.3 is 15.8 Å². The van der Waals surface area contributed by atoms with Gasteiger partial charge in [0.05, 0.1) is 6.10 Å². The third-order valence-corrected chi connectivity index (χ3v) is 4.83. The summed E-state index contributed by atoms with van der Waals surface area (Å²) in [5.74, 6) is 0.716. The fraction of sp³-hybridized carbons (Fsp3) is 0.933. The lowest BCUT2D eigenvalue weighted by Crippen LogP contribution is -2.42. The van der Waals surface area contributed by atoms with E-state index in [9.17, 15) is 4.79 Å². The molecule has 0 aromatic rings. The minimum atomic E-state index is 0.184. The monoisotopic (exact) mass is 268 g/mol. The van der Waals surface area contributed by atoms with Gasteiger partial charge in [0.1, 0.15) is 0 Å². The van der Waals surface area contributed by atoms with Crippen LogP contribution in [0.25, 0.3) is 0 Å². The molecule has 0 aromatic carbocycles. The zero-order valence-corrected chi connectivity index (χ0v) is 12.1. The number of nitrogens with two attached hydrogens (primary N) is 1. The van der Waals surface area contributed by atoms with Crippen molar-refractivity contribution in [3.05, 3.63) is 0 Å². The second-order valence-electron chi connectivity index (χ2n) is 6.31. The summed E-state index contributed by atoms with van der Waals surface area (Å²) >= 11 is 0. The molecule has 4 heteroatoms. The lowest BCUT2D eigenvalue weighted by Gasteiger charge is -2.35. The quantitative estimate of drug-likeness (QED) is 0.740. The molecule has 0 unspecified atom stereocenters. The Balaban J connectivity index is 1.63. The summed E-state index contributed by atoms with van der Waals surface area (Å²) in [6, 6.07) is 0. The molecule has 3 N–H and O–H groups in total. The van der Waals surface area contributed by atoms with Crippen LogP contribution in [0, 0.1) is 11.3 Å². The van der Waals surface area contributed by atoms with Crippen molar-refractivity contribution < 1.29 is 9.53 Å². The van der Waals surface area contributed by atoms with E-state index in [0.29, 0.717) is 25.0 Å². The van der Waals surface area contributed by atoms with E-state index in [4.69, 9.17) is 10.5 Å². The summed E-state index contributed by atoms with van der Waals surface area (Å²) in [4.78, 5) is 11.9. The number of hydrogen-bond donors (Lipinski definition) is 2. The highest BCUT2D eigenvalue weighted by Crippen LogP contribution is 2.36. The molecule has 2 aliphatic carbocycles. The molecule has 0 atom stereocenters. The molecule has 2 aliphatic rings. The highest BCUT2D eigenvalue weighted by atomic mass is 16.5. The number of ether oxygens (including phenoxy) is 1. The molecule has 0 aromatic heterocycles. The molecule has 2 rings (SSSR count). The van der Waals surface area contributed by atoms with E-state index in [1.54, 1.807) is 0 Å². The molecule has 0 radical (unpaired) electrons. The molecule has 2 fully saturated rings. The Labute approximate surface area is 116 Å². The summed E-state index contributed by atoms with van der Waals surface area (Å²) in [7, 11) is 0. The number of hydrogen-bond acceptors (Lipinski definition) is 3. The minimum absolute atomic E-state index is 0.184. The van der Waals surface area contributed by atoms with E-state index in [1.807, 2.05) is 6.92 Å². The third kappa shape index (κ3) is 3.93. The standard InChI is InChI=1S/C15H28N2O2/c1-2-19-13-7-12(8-13)9-14(18)17-11-15(10-16)5-3-4-6-15/h12-13H,2-11,16H2,1H3,(H,17,18). The summed E-state index contributed by atoms with van der Waals surface area (Å²) in [5.41, 5.74) is 6.06. The van der Waals surface area contributed by atoms with Crippen LogP contribution in [0.3, 0.4) is 0 Å². The average Bonchev–Trinajstić information content (AvgIpc) is 2.83. The molecular formula is C15H28N2O2. The molecule has 2 saturated carbocycles. The molecule has 0 bridgehead atoms. The van der Waals surface area contributed by atoms with Crippen molar-refractivity contribution in [3.8, 4) is 0 Å². The van der Waals surface area contributed by atoms with Crippen molar-refractivity contribution in [1.29, 1.82) is 0 Å². The van der Waals surface area contributed by atoms with Gasteiger partial charge in [-0.3, -0.25) is 4.79 Å². The van der Waals surface area contributed by atoms with Gasteiger partial charge in [0.2, 0.25) is 5.91 Å². The van der Waals surface area contributed by atoms with Crippen molar-refractivity contribution >= 4 is 5.91 Å². The Bertz CT molecular complexity index is 295. The summed E-state index contributed by atoms with van der Waals surface area (Å²) < 4.78 is 5.52. The van der Waals surface area contributed by atoms with Gasteiger partial charge in [-0.1, -0.05) is 12.8 Å². The van der Waals surface area contributed by atoms with E-state index < -0.39 is 0 Å². The topological polar surface area (TPSA) is 64.3 Å². The molecule has 0 spiro atoms. The zero-order valence-electron chi connectivity index (χ0n) is 12.1. The third-order valence-electron chi connectivity index (χ3n) is 4.83. The molecule has 1 amide bonds. The van der Waals surface area contributed by atoms with Gasteiger partial charge in [-0.25, -0.2) is 0 Å². The fourth-order valence-corrected chi connectivity index (χ4v) is 3.41. The van der Waals surface area contributed by atoms with Gasteiger partial charge >= 0.3 is 0 Å². The first-order chi connectivity index (χ1) is 9.17. The van der Waals surface area contributed by atoms with Gasteiger partial charge in [-0.2, -0.15) is 0 Å². The minimum Gasteiger partial charge on any atom is -0.378 e. The van der Waals surface area contributed by atoms with E-state index in [-0.39, 0.29) is 11.3 Å². The van der Waals surface area contributed by atoms with Crippen molar-refractivity contribution in [3.63, 3.8) is 0 Å². The van der Waals surface area contributed by atoms with Gasteiger partial charge in [0.25, 0.3) is 0 Å². The van der Waals surface area contributed by atoms with E-state index >= 15 is 0 Å². The van der Waals surface area contributed by atoms with Crippen molar-refractivity contribution in [2.75, 3.05) is 19.7 Å². The number of nitrogens with one attached hydrogen (secondary N) is 1. The maximum absolute atomic E-state index is 11.9. The van der Waals surface area contributed by atoms with Crippen LogP contribution in [0.5, 0.6) is 0 Å². The van der Waals surface area contributed by atoms with Crippen LogP contribution in [-0.2, 0) is 9.53 Å². The highest BCUT2D eigenvalue weighted by molar-refractivity contribution is 5.76. The molecule has 0 aliphatic heterocycles. The lowest BCUT2D eigenvalue weighted by atomic mass is 9.79. The Kier molecular flexibility index (Phi) is 5.22. The molecule has 0 heterocycles. The van der Waals surface area contributed by atoms with E-state index in [1.165, 1.54) is 25.7 Å². The highest BCUT2D eigenvalue weighted by Gasteiger charge is 2.34. The summed E-state index contributed by atoms with van der Waals surface area (Å²) in [6.45, 7) is 4.27. The number of carbonyl (C=O) groups excluding carboxylic acids is 1. The van der Waals surface area contributed by atoms with Crippen LogP contribution in [-0.4, -0.2) is 31.7 Å². The Morgan fingerprint density at radius 3 is 2.63 bits per heavy atom. The Morgan fingerprint density at radius 2 is 2.05 bits per heavy atom. The molecule has 0 saturated heterocycles. The second-order valence-corrected chi connectivity index (χ2v) is 6.31. The van der Waals surface area contributed by atoms with Crippen LogP contribution in [0.15, 0.2) is 0 Å². The molecular weight excluding hydrogens is 240 g/mol. The number of rotatable bonds is 7. The van der Waals surface area contributed by atoms with E-state index in [2.05, 4.69) is 5.32 Å². The Hall–Kier alpha value is -0.610. The van der Waals surface area contributed by atoms with Crippen LogP contribution < -0.4 is 11.1 Å². The summed E-state index contributed by atoms with van der Waals surface area (Å²) in [6.07, 6.45) is 7.99.